The van der Waals surface area contributed by atoms with Gasteiger partial charge in [-0.15, -0.1) is 0 Å². The van der Waals surface area contributed by atoms with E-state index in [0.29, 0.717) is 19.3 Å². The van der Waals surface area contributed by atoms with Crippen LogP contribution in [0.5, 0.6) is 0 Å². The summed E-state index contributed by atoms with van der Waals surface area (Å²) in [6, 6.07) is 23.7. The molecule has 3 heteroatoms. The van der Waals surface area contributed by atoms with E-state index in [1.54, 1.807) is 0 Å². The highest BCUT2D eigenvalue weighted by Crippen LogP contribution is 2.65. The van der Waals surface area contributed by atoms with Crippen LogP contribution in [0.15, 0.2) is 72.8 Å². The normalized spacial score (nSPS) is 33.1. The fourth-order valence-electron chi connectivity index (χ4n) is 6.31. The largest absolute Gasteiger partial charge is 0.384 e. The maximum atomic E-state index is 12.3. The molecule has 3 unspecified atom stereocenters. The van der Waals surface area contributed by atoms with Gasteiger partial charge in [0.2, 0.25) is 0 Å². The second kappa shape index (κ2) is 5.17. The van der Waals surface area contributed by atoms with Crippen LogP contribution in [0.1, 0.15) is 40.3 Å². The Kier molecular flexibility index (Phi) is 3.10. The van der Waals surface area contributed by atoms with Crippen LogP contribution in [0.4, 0.5) is 0 Å². The summed E-state index contributed by atoms with van der Waals surface area (Å²) in [5.74, 6) is 0. The van der Waals surface area contributed by atoms with Gasteiger partial charge < -0.3 is 15.3 Å². The Hall–Kier alpha value is -2.46. The molecule has 3 N–H and O–H groups in total. The van der Waals surface area contributed by atoms with Crippen LogP contribution < -0.4 is 0 Å². The molecule has 3 aromatic carbocycles. The lowest BCUT2D eigenvalue weighted by Gasteiger charge is -2.63. The molecule has 3 nitrogen and oxygen atoms in total. The number of fused-ring (bicyclic) bond motifs is 9. The molecule has 0 heterocycles. The molecule has 29 heavy (non-hydrogen) atoms. The number of hydrogen-bond donors (Lipinski definition) is 3. The first-order chi connectivity index (χ1) is 13.8. The maximum absolute atomic E-state index is 12.3. The molecule has 0 fully saturated rings. The third-order valence-corrected chi connectivity index (χ3v) is 8.16. The second-order valence-corrected chi connectivity index (χ2v) is 9.33. The van der Waals surface area contributed by atoms with Gasteiger partial charge in [0.1, 0.15) is 16.8 Å². The third-order valence-electron chi connectivity index (χ3n) is 8.16. The van der Waals surface area contributed by atoms with Gasteiger partial charge in [0.15, 0.2) is 0 Å². The van der Waals surface area contributed by atoms with E-state index >= 15 is 0 Å². The SMILES string of the molecule is CC(C1(O)Cc2ccc1cc2)(C1(O)Cc2ccc1cc2)C1(O)Cc2ccc1cc2. The minimum atomic E-state index is -1.41. The summed E-state index contributed by atoms with van der Waals surface area (Å²) in [5, 5.41) is 37.0. The van der Waals surface area contributed by atoms with Gasteiger partial charge in [-0.1, -0.05) is 79.7 Å². The highest BCUT2D eigenvalue weighted by Gasteiger charge is 2.71. The summed E-state index contributed by atoms with van der Waals surface area (Å²) in [7, 11) is 0. The van der Waals surface area contributed by atoms with Crippen LogP contribution in [-0.2, 0) is 36.1 Å². The fourth-order valence-corrected chi connectivity index (χ4v) is 6.31. The predicted octanol–water partition coefficient (Wildman–Crippen LogP) is 3.32. The Morgan fingerprint density at radius 1 is 0.517 bits per heavy atom. The maximum Gasteiger partial charge on any atom is 0.105 e. The summed E-state index contributed by atoms with van der Waals surface area (Å²) in [6.07, 6.45) is 1.13. The van der Waals surface area contributed by atoms with Crippen LogP contribution in [0, 0.1) is 5.41 Å². The standard InChI is InChI=1S/C26H24O3/c1-23(24(27)14-17-2-8-20(24)9-3-17,25(28)15-18-4-10-21(25)11-5-18)26(29)16-19-6-12-22(26)13-7-19/h2-13,27-29H,14-16H2,1H3. The molecular weight excluding hydrogens is 360 g/mol. The van der Waals surface area contributed by atoms with E-state index < -0.39 is 22.2 Å². The molecule has 146 valence electrons. The Bertz CT molecular complexity index is 972. The van der Waals surface area contributed by atoms with E-state index in [2.05, 4.69) is 0 Å². The zero-order valence-corrected chi connectivity index (χ0v) is 16.4. The third kappa shape index (κ3) is 1.85. The van der Waals surface area contributed by atoms with Crippen molar-refractivity contribution in [2.45, 2.75) is 43.0 Å². The second-order valence-electron chi connectivity index (χ2n) is 9.33. The molecule has 0 saturated carbocycles. The van der Waals surface area contributed by atoms with Crippen LogP contribution in [0.2, 0.25) is 0 Å². The number of hydrogen-bond acceptors (Lipinski definition) is 3. The topological polar surface area (TPSA) is 60.7 Å². The number of aliphatic hydroxyl groups is 3. The zero-order chi connectivity index (χ0) is 20.1. The number of rotatable bonds is 3. The highest BCUT2D eigenvalue weighted by atomic mass is 16.3. The van der Waals surface area contributed by atoms with Crippen molar-refractivity contribution in [2.75, 3.05) is 0 Å². The van der Waals surface area contributed by atoms with Gasteiger partial charge in [-0.3, -0.25) is 0 Å². The fraction of sp³-hybridized carbons (Fsp3) is 0.308. The van der Waals surface area contributed by atoms with Crippen molar-refractivity contribution >= 4 is 0 Å². The molecule has 9 rings (SSSR count). The van der Waals surface area contributed by atoms with E-state index in [4.69, 9.17) is 0 Å². The molecule has 6 bridgehead atoms. The molecule has 0 radical (unpaired) electrons. The Morgan fingerprint density at radius 2 is 0.759 bits per heavy atom. The lowest BCUT2D eigenvalue weighted by Crippen LogP contribution is -2.70. The average molecular weight is 384 g/mol. The molecule has 6 aliphatic carbocycles. The molecule has 6 aliphatic rings. The average Bonchev–Trinajstić information content (AvgIpc) is 2.75. The molecule has 0 saturated heterocycles. The summed E-state index contributed by atoms with van der Waals surface area (Å²) in [4.78, 5) is 0. The summed E-state index contributed by atoms with van der Waals surface area (Å²) in [5.41, 5.74) is -0.236. The van der Waals surface area contributed by atoms with Crippen molar-refractivity contribution in [1.82, 2.24) is 0 Å². The van der Waals surface area contributed by atoms with Crippen LogP contribution >= 0.6 is 0 Å². The van der Waals surface area contributed by atoms with Crippen LogP contribution in [-0.4, -0.2) is 15.3 Å². The van der Waals surface area contributed by atoms with Gasteiger partial charge in [-0.25, -0.2) is 0 Å². The van der Waals surface area contributed by atoms with Crippen LogP contribution in [0.3, 0.4) is 0 Å². The Morgan fingerprint density at radius 3 is 0.931 bits per heavy atom. The Balaban J connectivity index is 1.66. The monoisotopic (exact) mass is 384 g/mol. The molecule has 0 spiro atoms. The van der Waals surface area contributed by atoms with Gasteiger partial charge in [0.25, 0.3) is 0 Å². The first-order valence-corrected chi connectivity index (χ1v) is 10.3. The van der Waals surface area contributed by atoms with E-state index in [0.717, 1.165) is 33.4 Å². The van der Waals surface area contributed by atoms with E-state index in [1.165, 1.54) is 0 Å². The lowest BCUT2D eigenvalue weighted by molar-refractivity contribution is -0.289. The van der Waals surface area contributed by atoms with Crippen molar-refractivity contribution < 1.29 is 15.3 Å². The smallest absolute Gasteiger partial charge is 0.105 e. The predicted molar refractivity (Wildman–Crippen MR) is 110 cm³/mol. The summed E-state index contributed by atoms with van der Waals surface area (Å²) >= 11 is 0. The lowest BCUT2D eigenvalue weighted by atomic mass is 9.44. The van der Waals surface area contributed by atoms with Gasteiger partial charge in [-0.2, -0.15) is 0 Å². The molecule has 3 aromatic rings. The number of benzene rings is 3. The quantitative estimate of drug-likeness (QED) is 0.649. The van der Waals surface area contributed by atoms with E-state index in [9.17, 15) is 15.3 Å². The van der Waals surface area contributed by atoms with Gasteiger partial charge in [0.05, 0.1) is 5.41 Å². The van der Waals surface area contributed by atoms with Crippen LogP contribution in [0.25, 0.3) is 0 Å². The summed E-state index contributed by atoms with van der Waals surface area (Å²) in [6.45, 7) is 1.88. The van der Waals surface area contributed by atoms with Crippen molar-refractivity contribution in [3.63, 3.8) is 0 Å². The minimum Gasteiger partial charge on any atom is -0.384 e. The van der Waals surface area contributed by atoms with Gasteiger partial charge >= 0.3 is 0 Å². The van der Waals surface area contributed by atoms with E-state index in [1.807, 2.05) is 79.7 Å². The van der Waals surface area contributed by atoms with Crippen molar-refractivity contribution in [2.24, 2.45) is 5.41 Å². The first-order valence-electron chi connectivity index (χ1n) is 10.3. The van der Waals surface area contributed by atoms with Gasteiger partial charge in [0, 0.05) is 19.3 Å². The van der Waals surface area contributed by atoms with E-state index in [-0.39, 0.29) is 0 Å². The molecule has 3 atom stereocenters. The molecular formula is C26H24O3. The van der Waals surface area contributed by atoms with Gasteiger partial charge in [-0.05, 0) is 33.4 Å². The molecule has 0 amide bonds. The summed E-state index contributed by atoms with van der Waals surface area (Å²) < 4.78 is 0. The highest BCUT2D eigenvalue weighted by molar-refractivity contribution is 5.49. The molecule has 0 aromatic heterocycles. The molecule has 0 aliphatic heterocycles. The Labute approximate surface area is 170 Å². The first kappa shape index (κ1) is 17.4. The minimum absolute atomic E-state index is 0.378. The zero-order valence-electron chi connectivity index (χ0n) is 16.4. The van der Waals surface area contributed by atoms with Crippen molar-refractivity contribution in [1.29, 1.82) is 0 Å². The van der Waals surface area contributed by atoms with Crippen molar-refractivity contribution in [3.8, 4) is 0 Å². The van der Waals surface area contributed by atoms with Crippen molar-refractivity contribution in [3.05, 3.63) is 106 Å².